The minimum Gasteiger partial charge on any atom is -0.382 e. The normalized spacial score (nSPS) is 15.3. The van der Waals surface area contributed by atoms with Gasteiger partial charge in [-0.15, -0.1) is 0 Å². The van der Waals surface area contributed by atoms with Gasteiger partial charge in [-0.1, -0.05) is 0 Å². The average molecular weight is 194 g/mol. The van der Waals surface area contributed by atoms with Crippen LogP contribution in [0.3, 0.4) is 0 Å². The van der Waals surface area contributed by atoms with Crippen molar-refractivity contribution in [3.05, 3.63) is 36.4 Å². The first-order valence-electron chi connectivity index (χ1n) is 4.13. The van der Waals surface area contributed by atoms with Gasteiger partial charge < -0.3 is 20.2 Å². The third-order valence-electron chi connectivity index (χ3n) is 1.90. The molecule has 0 aliphatic heterocycles. The molecule has 14 heavy (non-hydrogen) atoms. The summed E-state index contributed by atoms with van der Waals surface area (Å²) in [5, 5.41) is 19.3. The van der Waals surface area contributed by atoms with Crippen LogP contribution >= 0.6 is 0 Å². The van der Waals surface area contributed by atoms with Gasteiger partial charge in [-0.05, 0) is 0 Å². The lowest BCUT2D eigenvalue weighted by Crippen LogP contribution is -2.13. The van der Waals surface area contributed by atoms with Gasteiger partial charge in [0.05, 0.1) is 0 Å². The Balaban J connectivity index is 2.16. The van der Waals surface area contributed by atoms with Crippen LogP contribution in [0.5, 0.6) is 0 Å². The molecular weight excluding hydrogens is 184 g/mol. The van der Waals surface area contributed by atoms with E-state index in [2.05, 4.69) is 19.9 Å². The van der Waals surface area contributed by atoms with Crippen molar-refractivity contribution in [2.45, 2.75) is 12.2 Å². The highest BCUT2D eigenvalue weighted by Crippen LogP contribution is 2.23. The second-order valence-electron chi connectivity index (χ2n) is 2.84. The van der Waals surface area contributed by atoms with Gasteiger partial charge in [-0.25, -0.2) is 9.97 Å². The predicted molar refractivity (Wildman–Crippen MR) is 47.1 cm³/mol. The van der Waals surface area contributed by atoms with Gasteiger partial charge in [-0.3, -0.25) is 0 Å². The van der Waals surface area contributed by atoms with Crippen LogP contribution < -0.4 is 0 Å². The van der Waals surface area contributed by atoms with Gasteiger partial charge in [-0.2, -0.15) is 0 Å². The van der Waals surface area contributed by atoms with E-state index in [1.54, 1.807) is 12.4 Å². The summed E-state index contributed by atoms with van der Waals surface area (Å²) < 4.78 is 0. The van der Waals surface area contributed by atoms with Crippen molar-refractivity contribution in [1.82, 2.24) is 19.9 Å². The lowest BCUT2D eigenvalue weighted by atomic mass is 10.2. The summed E-state index contributed by atoms with van der Waals surface area (Å²) in [6, 6.07) is 0. The van der Waals surface area contributed by atoms with Crippen molar-refractivity contribution in [2.24, 2.45) is 0 Å². The van der Waals surface area contributed by atoms with Crippen molar-refractivity contribution < 1.29 is 10.2 Å². The molecule has 2 heterocycles. The number of nitrogens with zero attached hydrogens (tertiary/aromatic N) is 2. The Kier molecular flexibility index (Phi) is 2.30. The number of rotatable bonds is 3. The molecule has 0 aliphatic rings. The largest absolute Gasteiger partial charge is 0.382 e. The molecule has 0 bridgehead atoms. The Morgan fingerprint density at radius 2 is 1.36 bits per heavy atom. The fourth-order valence-electron chi connectivity index (χ4n) is 1.18. The van der Waals surface area contributed by atoms with Crippen molar-refractivity contribution in [3.63, 3.8) is 0 Å². The summed E-state index contributed by atoms with van der Waals surface area (Å²) in [7, 11) is 0. The van der Waals surface area contributed by atoms with E-state index in [9.17, 15) is 10.2 Å². The van der Waals surface area contributed by atoms with Crippen molar-refractivity contribution in [1.29, 1.82) is 0 Å². The quantitative estimate of drug-likeness (QED) is 0.548. The molecule has 0 fully saturated rings. The second-order valence-corrected chi connectivity index (χ2v) is 2.84. The molecule has 0 saturated heterocycles. The van der Waals surface area contributed by atoms with Gasteiger partial charge in [0.2, 0.25) is 0 Å². The number of aliphatic hydroxyl groups is 2. The molecule has 4 N–H and O–H groups in total. The number of hydrogen-bond donors (Lipinski definition) is 4. The van der Waals surface area contributed by atoms with Gasteiger partial charge in [0.15, 0.2) is 0 Å². The SMILES string of the molecule is O[C@@H](c1ncc[nH]1)[C@@H](O)c1ncc[nH]1. The molecular formula is C8H10N4O2. The highest BCUT2D eigenvalue weighted by molar-refractivity contribution is 5.02. The first kappa shape index (κ1) is 8.92. The van der Waals surface area contributed by atoms with Crippen molar-refractivity contribution in [3.8, 4) is 0 Å². The first-order chi connectivity index (χ1) is 6.79. The molecule has 74 valence electrons. The maximum absolute atomic E-state index is 9.65. The van der Waals surface area contributed by atoms with Gasteiger partial charge in [0.1, 0.15) is 23.9 Å². The summed E-state index contributed by atoms with van der Waals surface area (Å²) in [6.07, 6.45) is 3.97. The third kappa shape index (κ3) is 1.52. The molecule has 0 spiro atoms. The molecule has 0 unspecified atom stereocenters. The molecule has 6 heteroatoms. The zero-order valence-electron chi connectivity index (χ0n) is 7.25. The maximum Gasteiger partial charge on any atom is 0.145 e. The molecule has 2 aromatic heterocycles. The molecule has 2 atom stereocenters. The second kappa shape index (κ2) is 3.60. The van der Waals surface area contributed by atoms with Gasteiger partial charge in [0.25, 0.3) is 0 Å². The minimum absolute atomic E-state index is 0.314. The van der Waals surface area contributed by atoms with E-state index < -0.39 is 12.2 Å². The summed E-state index contributed by atoms with van der Waals surface area (Å²) in [5.74, 6) is 0.628. The topological polar surface area (TPSA) is 97.8 Å². The van der Waals surface area contributed by atoms with Gasteiger partial charge >= 0.3 is 0 Å². The fourth-order valence-corrected chi connectivity index (χ4v) is 1.18. The number of aliphatic hydroxyl groups excluding tert-OH is 2. The Morgan fingerprint density at radius 1 is 0.929 bits per heavy atom. The smallest absolute Gasteiger partial charge is 0.145 e. The maximum atomic E-state index is 9.65. The lowest BCUT2D eigenvalue weighted by Gasteiger charge is -2.12. The van der Waals surface area contributed by atoms with Crippen LogP contribution in [0, 0.1) is 0 Å². The standard InChI is InChI=1S/C8H10N4O2/c13-5(7-9-1-2-10-7)6(14)8-11-3-4-12-8/h1-6,13-14H,(H,9,10)(H,11,12)/t5-,6-/m1/s1. The Hall–Kier alpha value is -1.66. The predicted octanol–water partition coefficient (Wildman–Crippen LogP) is -0.100. The average Bonchev–Trinajstić information content (AvgIpc) is 2.87. The summed E-state index contributed by atoms with van der Waals surface area (Å²) in [4.78, 5) is 13.1. The van der Waals surface area contributed by atoms with E-state index in [4.69, 9.17) is 0 Å². The van der Waals surface area contributed by atoms with Crippen LogP contribution in [-0.4, -0.2) is 30.1 Å². The fraction of sp³-hybridized carbons (Fsp3) is 0.250. The van der Waals surface area contributed by atoms with E-state index in [1.807, 2.05) is 0 Å². The number of imidazole rings is 2. The monoisotopic (exact) mass is 194 g/mol. The van der Waals surface area contributed by atoms with Crippen LogP contribution in [0.15, 0.2) is 24.8 Å². The van der Waals surface area contributed by atoms with E-state index in [-0.39, 0.29) is 0 Å². The number of nitrogens with one attached hydrogen (secondary N) is 2. The van der Waals surface area contributed by atoms with Crippen LogP contribution in [-0.2, 0) is 0 Å². The van der Waals surface area contributed by atoms with Crippen molar-refractivity contribution in [2.75, 3.05) is 0 Å². The zero-order valence-corrected chi connectivity index (χ0v) is 7.25. The number of aromatic amines is 2. The Bertz CT molecular complexity index is 332. The van der Waals surface area contributed by atoms with Crippen LogP contribution in [0.1, 0.15) is 23.9 Å². The summed E-state index contributed by atoms with van der Waals surface area (Å²) in [5.41, 5.74) is 0. The van der Waals surface area contributed by atoms with Gasteiger partial charge in [0, 0.05) is 24.8 Å². The van der Waals surface area contributed by atoms with E-state index in [1.165, 1.54) is 12.4 Å². The molecule has 0 amide bonds. The molecule has 0 saturated carbocycles. The van der Waals surface area contributed by atoms with Crippen molar-refractivity contribution >= 4 is 0 Å². The highest BCUT2D eigenvalue weighted by Gasteiger charge is 2.23. The minimum atomic E-state index is -1.10. The third-order valence-corrected chi connectivity index (χ3v) is 1.90. The summed E-state index contributed by atoms with van der Waals surface area (Å²) >= 11 is 0. The van der Waals surface area contributed by atoms with E-state index in [0.717, 1.165) is 0 Å². The molecule has 0 aliphatic carbocycles. The van der Waals surface area contributed by atoms with Crippen LogP contribution in [0.2, 0.25) is 0 Å². The Morgan fingerprint density at radius 3 is 1.64 bits per heavy atom. The number of aromatic nitrogens is 4. The molecule has 0 radical (unpaired) electrons. The van der Waals surface area contributed by atoms with Crippen LogP contribution in [0.25, 0.3) is 0 Å². The summed E-state index contributed by atoms with van der Waals surface area (Å²) in [6.45, 7) is 0. The van der Waals surface area contributed by atoms with Crippen LogP contribution in [0.4, 0.5) is 0 Å². The molecule has 2 aromatic rings. The van der Waals surface area contributed by atoms with E-state index in [0.29, 0.717) is 11.6 Å². The first-order valence-corrected chi connectivity index (χ1v) is 4.13. The molecule has 0 aromatic carbocycles. The molecule has 2 rings (SSSR count). The number of H-pyrrole nitrogens is 2. The van der Waals surface area contributed by atoms with E-state index >= 15 is 0 Å². The number of hydrogen-bond acceptors (Lipinski definition) is 4. The zero-order chi connectivity index (χ0) is 9.97. The Labute approximate surface area is 79.7 Å². The molecule has 6 nitrogen and oxygen atoms in total. The highest BCUT2D eigenvalue weighted by atomic mass is 16.3. The lowest BCUT2D eigenvalue weighted by molar-refractivity contribution is 0.00742.